The van der Waals surface area contributed by atoms with E-state index < -0.39 is 10.8 Å². The van der Waals surface area contributed by atoms with Crippen LogP contribution in [0.15, 0.2) is 41.0 Å². The van der Waals surface area contributed by atoms with Gasteiger partial charge in [-0.05, 0) is 25.1 Å². The van der Waals surface area contributed by atoms with Gasteiger partial charge >= 0.3 is 0 Å². The number of nitro benzene ring substituents is 1. The molecule has 1 aromatic carbocycles. The molecule has 0 fully saturated rings. The maximum Gasteiger partial charge on any atom is 0.270 e. The summed E-state index contributed by atoms with van der Waals surface area (Å²) in [6.07, 6.45) is 1.51. The highest BCUT2D eigenvalue weighted by Crippen LogP contribution is 2.24. The molecule has 7 nitrogen and oxygen atoms in total. The first kappa shape index (κ1) is 14.6. The standard InChI is InChI=1S/C14H14N2O5/c1-9(12-4-3-7-21-12)15-14(17)11-8-10(16(18)19)5-6-13(11)20-2/h3-9H,1-2H3,(H,15,17)/t9-/m1/s1. The molecule has 1 N–H and O–H groups in total. The van der Waals surface area contributed by atoms with Crippen molar-refractivity contribution in [2.45, 2.75) is 13.0 Å². The normalized spacial score (nSPS) is 11.7. The smallest absolute Gasteiger partial charge is 0.270 e. The SMILES string of the molecule is COc1ccc([N+](=O)[O-])cc1C(=O)N[C@H](C)c1ccco1. The Morgan fingerprint density at radius 2 is 2.19 bits per heavy atom. The largest absolute Gasteiger partial charge is 0.496 e. The van der Waals surface area contributed by atoms with E-state index in [0.29, 0.717) is 5.76 Å². The zero-order valence-electron chi connectivity index (χ0n) is 11.5. The fourth-order valence-corrected chi connectivity index (χ4v) is 1.87. The van der Waals surface area contributed by atoms with Gasteiger partial charge in [0.1, 0.15) is 11.5 Å². The van der Waals surface area contributed by atoms with E-state index in [1.54, 1.807) is 19.1 Å². The van der Waals surface area contributed by atoms with E-state index in [-0.39, 0.29) is 23.0 Å². The molecule has 110 valence electrons. The third-order valence-electron chi connectivity index (χ3n) is 2.96. The quantitative estimate of drug-likeness (QED) is 0.674. The minimum atomic E-state index is -0.563. The van der Waals surface area contributed by atoms with Gasteiger partial charge in [-0.3, -0.25) is 14.9 Å². The van der Waals surface area contributed by atoms with Gasteiger partial charge in [0.15, 0.2) is 0 Å². The van der Waals surface area contributed by atoms with Gasteiger partial charge in [0.2, 0.25) is 0 Å². The molecule has 1 amide bonds. The number of rotatable bonds is 5. The summed E-state index contributed by atoms with van der Waals surface area (Å²) >= 11 is 0. The fraction of sp³-hybridized carbons (Fsp3) is 0.214. The minimum absolute atomic E-state index is 0.102. The number of carbonyl (C=O) groups excluding carboxylic acids is 1. The average Bonchev–Trinajstić information content (AvgIpc) is 3.00. The minimum Gasteiger partial charge on any atom is -0.496 e. The Morgan fingerprint density at radius 3 is 2.76 bits per heavy atom. The fourth-order valence-electron chi connectivity index (χ4n) is 1.87. The number of amides is 1. The second-order valence-corrected chi connectivity index (χ2v) is 4.35. The zero-order chi connectivity index (χ0) is 15.4. The van der Waals surface area contributed by atoms with Crippen molar-refractivity contribution < 1.29 is 18.9 Å². The molecule has 0 saturated heterocycles. The van der Waals surface area contributed by atoms with Crippen molar-refractivity contribution in [2.75, 3.05) is 7.11 Å². The molecule has 21 heavy (non-hydrogen) atoms. The molecular formula is C14H14N2O5. The molecular weight excluding hydrogens is 276 g/mol. The molecule has 2 aromatic rings. The summed E-state index contributed by atoms with van der Waals surface area (Å²) in [6, 6.07) is 6.94. The van der Waals surface area contributed by atoms with E-state index in [1.165, 1.54) is 31.6 Å². The van der Waals surface area contributed by atoms with Crippen molar-refractivity contribution >= 4 is 11.6 Å². The molecule has 1 heterocycles. The molecule has 0 saturated carbocycles. The van der Waals surface area contributed by atoms with Crippen LogP contribution in [0.1, 0.15) is 29.1 Å². The lowest BCUT2D eigenvalue weighted by molar-refractivity contribution is -0.384. The Kier molecular flexibility index (Phi) is 4.22. The number of nitro groups is 1. The highest BCUT2D eigenvalue weighted by atomic mass is 16.6. The Morgan fingerprint density at radius 1 is 1.43 bits per heavy atom. The second kappa shape index (κ2) is 6.08. The third-order valence-corrected chi connectivity index (χ3v) is 2.96. The molecule has 0 radical (unpaired) electrons. The zero-order valence-corrected chi connectivity index (χ0v) is 11.5. The molecule has 0 spiro atoms. The summed E-state index contributed by atoms with van der Waals surface area (Å²) in [4.78, 5) is 22.5. The summed E-state index contributed by atoms with van der Waals surface area (Å²) in [5.74, 6) is 0.386. The van der Waals surface area contributed by atoms with Crippen LogP contribution in [0.25, 0.3) is 0 Å². The number of nitrogens with one attached hydrogen (secondary N) is 1. The molecule has 0 bridgehead atoms. The Hall–Kier alpha value is -2.83. The topological polar surface area (TPSA) is 94.6 Å². The van der Waals surface area contributed by atoms with Crippen LogP contribution in [0.5, 0.6) is 5.75 Å². The van der Waals surface area contributed by atoms with Gasteiger partial charge in [-0.1, -0.05) is 0 Å². The number of nitrogens with zero attached hydrogens (tertiary/aromatic N) is 1. The van der Waals surface area contributed by atoms with Crippen LogP contribution in [0.2, 0.25) is 0 Å². The molecule has 2 rings (SSSR count). The first-order valence-corrected chi connectivity index (χ1v) is 6.19. The number of benzene rings is 1. The summed E-state index contributed by atoms with van der Waals surface area (Å²) in [6.45, 7) is 1.75. The lowest BCUT2D eigenvalue weighted by Crippen LogP contribution is -2.26. The molecule has 7 heteroatoms. The molecule has 0 aliphatic heterocycles. The summed E-state index contributed by atoms with van der Waals surface area (Å²) in [5.41, 5.74) is -0.0725. The number of hydrogen-bond acceptors (Lipinski definition) is 5. The van der Waals surface area contributed by atoms with E-state index >= 15 is 0 Å². The summed E-state index contributed by atoms with van der Waals surface area (Å²) in [5, 5.41) is 13.5. The molecule has 0 aliphatic rings. The van der Waals surface area contributed by atoms with Crippen LogP contribution in [0.4, 0.5) is 5.69 Å². The molecule has 0 unspecified atom stereocenters. The van der Waals surface area contributed by atoms with E-state index in [0.717, 1.165) is 0 Å². The molecule has 1 atom stereocenters. The third kappa shape index (κ3) is 3.19. The van der Waals surface area contributed by atoms with Gasteiger partial charge in [-0.25, -0.2) is 0 Å². The lowest BCUT2D eigenvalue weighted by atomic mass is 10.1. The van der Waals surface area contributed by atoms with Crippen LogP contribution in [0, 0.1) is 10.1 Å². The van der Waals surface area contributed by atoms with Crippen molar-refractivity contribution in [3.05, 3.63) is 58.0 Å². The molecule has 0 aliphatic carbocycles. The second-order valence-electron chi connectivity index (χ2n) is 4.35. The summed E-state index contributed by atoms with van der Waals surface area (Å²) in [7, 11) is 1.40. The monoisotopic (exact) mass is 290 g/mol. The van der Waals surface area contributed by atoms with Crippen LogP contribution in [-0.2, 0) is 0 Å². The number of furan rings is 1. The predicted octanol–water partition coefficient (Wildman–Crippen LogP) is 2.69. The van der Waals surface area contributed by atoms with E-state index in [4.69, 9.17) is 9.15 Å². The predicted molar refractivity (Wildman–Crippen MR) is 74.2 cm³/mol. The number of methoxy groups -OCH3 is 1. The van der Waals surface area contributed by atoms with Crippen molar-refractivity contribution in [1.29, 1.82) is 0 Å². The van der Waals surface area contributed by atoms with Gasteiger partial charge < -0.3 is 14.5 Å². The van der Waals surface area contributed by atoms with E-state index in [2.05, 4.69) is 5.32 Å². The van der Waals surface area contributed by atoms with Gasteiger partial charge in [0.05, 0.1) is 29.9 Å². The van der Waals surface area contributed by atoms with Gasteiger partial charge in [0.25, 0.3) is 11.6 Å². The highest BCUT2D eigenvalue weighted by molar-refractivity contribution is 5.97. The Labute approximate surface area is 120 Å². The number of hydrogen-bond donors (Lipinski definition) is 1. The van der Waals surface area contributed by atoms with Gasteiger partial charge in [-0.15, -0.1) is 0 Å². The Balaban J connectivity index is 2.25. The number of non-ortho nitro benzene ring substituents is 1. The van der Waals surface area contributed by atoms with E-state index in [9.17, 15) is 14.9 Å². The van der Waals surface area contributed by atoms with Crippen molar-refractivity contribution in [3.63, 3.8) is 0 Å². The van der Waals surface area contributed by atoms with E-state index in [1.807, 2.05) is 0 Å². The van der Waals surface area contributed by atoms with Crippen LogP contribution < -0.4 is 10.1 Å². The lowest BCUT2D eigenvalue weighted by Gasteiger charge is -2.13. The average molecular weight is 290 g/mol. The van der Waals surface area contributed by atoms with Crippen LogP contribution >= 0.6 is 0 Å². The van der Waals surface area contributed by atoms with Crippen molar-refractivity contribution in [1.82, 2.24) is 5.32 Å². The van der Waals surface area contributed by atoms with Crippen LogP contribution in [0.3, 0.4) is 0 Å². The summed E-state index contributed by atoms with van der Waals surface area (Å²) < 4.78 is 10.3. The number of carbonyl (C=O) groups is 1. The molecule has 1 aromatic heterocycles. The maximum absolute atomic E-state index is 12.2. The van der Waals surface area contributed by atoms with Gasteiger partial charge in [-0.2, -0.15) is 0 Å². The first-order chi connectivity index (χ1) is 10.0. The first-order valence-electron chi connectivity index (χ1n) is 6.19. The van der Waals surface area contributed by atoms with Crippen molar-refractivity contribution in [3.8, 4) is 5.75 Å². The van der Waals surface area contributed by atoms with Gasteiger partial charge in [0, 0.05) is 12.1 Å². The number of ether oxygens (including phenoxy) is 1. The van der Waals surface area contributed by atoms with Crippen LogP contribution in [-0.4, -0.2) is 17.9 Å². The highest BCUT2D eigenvalue weighted by Gasteiger charge is 2.20. The maximum atomic E-state index is 12.2. The Bertz CT molecular complexity index is 651. The van der Waals surface area contributed by atoms with Crippen molar-refractivity contribution in [2.24, 2.45) is 0 Å².